The number of halogens is 1. The van der Waals surface area contributed by atoms with Crippen molar-refractivity contribution in [3.63, 3.8) is 0 Å². The summed E-state index contributed by atoms with van der Waals surface area (Å²) in [5.74, 6) is -0.0576. The first kappa shape index (κ1) is 14.3. The van der Waals surface area contributed by atoms with Crippen molar-refractivity contribution in [3.05, 3.63) is 28.5 Å². The van der Waals surface area contributed by atoms with Crippen molar-refractivity contribution in [1.82, 2.24) is 9.88 Å². The maximum atomic E-state index is 12.5. The SMILES string of the molecule is CCc1cc(C(=O)N(CCO)C2CCC2)cc(Cl)n1. The molecule has 1 saturated carbocycles. The third kappa shape index (κ3) is 3.25. The molecule has 1 aromatic rings. The van der Waals surface area contributed by atoms with Crippen molar-refractivity contribution >= 4 is 17.5 Å². The predicted molar refractivity (Wildman–Crippen MR) is 74.4 cm³/mol. The summed E-state index contributed by atoms with van der Waals surface area (Å²) < 4.78 is 0. The first-order valence-corrected chi connectivity index (χ1v) is 7.11. The lowest BCUT2D eigenvalue weighted by Crippen LogP contribution is -2.45. The largest absolute Gasteiger partial charge is 0.395 e. The van der Waals surface area contributed by atoms with Crippen LogP contribution in [0.15, 0.2) is 12.1 Å². The first-order chi connectivity index (χ1) is 9.15. The molecule has 19 heavy (non-hydrogen) atoms. The number of amides is 1. The van der Waals surface area contributed by atoms with E-state index in [-0.39, 0.29) is 18.6 Å². The normalized spacial score (nSPS) is 15.1. The summed E-state index contributed by atoms with van der Waals surface area (Å²) >= 11 is 5.95. The highest BCUT2D eigenvalue weighted by molar-refractivity contribution is 6.29. The molecule has 1 aliphatic carbocycles. The number of hydrogen-bond acceptors (Lipinski definition) is 3. The molecule has 1 aliphatic rings. The van der Waals surface area contributed by atoms with Gasteiger partial charge in [-0.05, 0) is 37.8 Å². The topological polar surface area (TPSA) is 53.4 Å². The molecule has 0 bridgehead atoms. The minimum atomic E-state index is -0.0576. The van der Waals surface area contributed by atoms with Gasteiger partial charge in [-0.1, -0.05) is 18.5 Å². The third-order valence-corrected chi connectivity index (χ3v) is 3.77. The van der Waals surface area contributed by atoms with Crippen LogP contribution in [0.3, 0.4) is 0 Å². The molecule has 1 aromatic heterocycles. The van der Waals surface area contributed by atoms with Gasteiger partial charge in [0.15, 0.2) is 0 Å². The van der Waals surface area contributed by atoms with Crippen molar-refractivity contribution in [3.8, 4) is 0 Å². The molecule has 0 unspecified atom stereocenters. The number of aliphatic hydroxyl groups is 1. The minimum Gasteiger partial charge on any atom is -0.395 e. The summed E-state index contributed by atoms with van der Waals surface area (Å²) in [5, 5.41) is 9.47. The molecular formula is C14H19ClN2O2. The Morgan fingerprint density at radius 1 is 1.53 bits per heavy atom. The summed E-state index contributed by atoms with van der Waals surface area (Å²) in [6, 6.07) is 3.65. The van der Waals surface area contributed by atoms with Crippen LogP contribution in [-0.4, -0.2) is 40.1 Å². The maximum absolute atomic E-state index is 12.5. The number of rotatable bonds is 5. The van der Waals surface area contributed by atoms with Gasteiger partial charge in [0.1, 0.15) is 5.15 Å². The predicted octanol–water partition coefficient (Wildman–Crippen LogP) is 2.28. The second-order valence-corrected chi connectivity index (χ2v) is 5.22. The number of carbonyl (C=O) groups is 1. The molecule has 4 nitrogen and oxygen atoms in total. The number of carbonyl (C=O) groups excluding carboxylic acids is 1. The van der Waals surface area contributed by atoms with Gasteiger partial charge in [0.05, 0.1) is 6.61 Å². The zero-order chi connectivity index (χ0) is 13.8. The highest BCUT2D eigenvalue weighted by atomic mass is 35.5. The standard InChI is InChI=1S/C14H19ClN2O2/c1-2-11-8-10(9-13(15)16-11)14(19)17(6-7-18)12-4-3-5-12/h8-9,12,18H,2-7H2,1H3. The van der Waals surface area contributed by atoms with E-state index < -0.39 is 0 Å². The van der Waals surface area contributed by atoms with Crippen LogP contribution in [0.5, 0.6) is 0 Å². The Bertz CT molecular complexity index is 461. The van der Waals surface area contributed by atoms with Crippen molar-refractivity contribution < 1.29 is 9.90 Å². The number of hydrogen-bond donors (Lipinski definition) is 1. The summed E-state index contributed by atoms with van der Waals surface area (Å²) in [5.41, 5.74) is 1.38. The van der Waals surface area contributed by atoms with Crippen molar-refractivity contribution in [2.24, 2.45) is 0 Å². The highest BCUT2D eigenvalue weighted by Gasteiger charge is 2.29. The van der Waals surface area contributed by atoms with Crippen LogP contribution in [0.4, 0.5) is 0 Å². The van der Waals surface area contributed by atoms with Gasteiger partial charge in [-0.15, -0.1) is 0 Å². The molecule has 0 radical (unpaired) electrons. The number of pyridine rings is 1. The molecule has 1 fully saturated rings. The fourth-order valence-corrected chi connectivity index (χ4v) is 2.50. The Morgan fingerprint density at radius 3 is 2.79 bits per heavy atom. The van der Waals surface area contributed by atoms with E-state index in [0.717, 1.165) is 31.4 Å². The summed E-state index contributed by atoms with van der Waals surface area (Å²) in [7, 11) is 0. The minimum absolute atomic E-state index is 0.0122. The van der Waals surface area contributed by atoms with Crippen LogP contribution in [0.25, 0.3) is 0 Å². The van der Waals surface area contributed by atoms with Gasteiger partial charge in [-0.2, -0.15) is 0 Å². The van der Waals surface area contributed by atoms with Crippen molar-refractivity contribution in [1.29, 1.82) is 0 Å². The first-order valence-electron chi connectivity index (χ1n) is 6.74. The molecule has 1 heterocycles. The van der Waals surface area contributed by atoms with E-state index in [1.807, 2.05) is 6.92 Å². The van der Waals surface area contributed by atoms with E-state index in [2.05, 4.69) is 4.98 Å². The zero-order valence-corrected chi connectivity index (χ0v) is 11.9. The van der Waals surface area contributed by atoms with E-state index in [1.165, 1.54) is 0 Å². The zero-order valence-electron chi connectivity index (χ0n) is 11.1. The third-order valence-electron chi connectivity index (χ3n) is 3.57. The van der Waals surface area contributed by atoms with E-state index in [9.17, 15) is 4.79 Å². The number of aromatic nitrogens is 1. The Labute approximate surface area is 118 Å². The average molecular weight is 283 g/mol. The smallest absolute Gasteiger partial charge is 0.254 e. The van der Waals surface area contributed by atoms with Gasteiger partial charge in [0, 0.05) is 23.8 Å². The second-order valence-electron chi connectivity index (χ2n) is 4.83. The van der Waals surface area contributed by atoms with Gasteiger partial charge in [0.25, 0.3) is 5.91 Å². The molecule has 104 valence electrons. The molecule has 2 rings (SSSR count). The summed E-state index contributed by atoms with van der Waals surface area (Å²) in [4.78, 5) is 18.4. The van der Waals surface area contributed by atoms with Crippen molar-refractivity contribution in [2.75, 3.05) is 13.2 Å². The van der Waals surface area contributed by atoms with Gasteiger partial charge in [0.2, 0.25) is 0 Å². The lowest BCUT2D eigenvalue weighted by Gasteiger charge is -2.37. The number of aliphatic hydroxyl groups excluding tert-OH is 1. The highest BCUT2D eigenvalue weighted by Crippen LogP contribution is 2.26. The molecule has 0 aromatic carbocycles. The van der Waals surface area contributed by atoms with Gasteiger partial charge < -0.3 is 10.0 Å². The molecule has 0 atom stereocenters. The van der Waals surface area contributed by atoms with Crippen LogP contribution in [0.2, 0.25) is 5.15 Å². The average Bonchev–Trinajstić information content (AvgIpc) is 2.34. The molecular weight excluding hydrogens is 264 g/mol. The van der Waals surface area contributed by atoms with E-state index in [0.29, 0.717) is 17.3 Å². The monoisotopic (exact) mass is 282 g/mol. The molecule has 0 saturated heterocycles. The van der Waals surface area contributed by atoms with Crippen LogP contribution >= 0.6 is 11.6 Å². The van der Waals surface area contributed by atoms with E-state index in [4.69, 9.17) is 16.7 Å². The Balaban J connectivity index is 2.22. The van der Waals surface area contributed by atoms with E-state index >= 15 is 0 Å². The Kier molecular flexibility index (Phi) is 4.77. The van der Waals surface area contributed by atoms with Gasteiger partial charge in [-0.25, -0.2) is 4.98 Å². The second kappa shape index (κ2) is 6.35. The molecule has 1 amide bonds. The quantitative estimate of drug-likeness (QED) is 0.843. The fourth-order valence-electron chi connectivity index (χ4n) is 2.28. The van der Waals surface area contributed by atoms with Crippen LogP contribution in [0, 0.1) is 0 Å². The van der Waals surface area contributed by atoms with Crippen LogP contribution in [0.1, 0.15) is 42.2 Å². The summed E-state index contributed by atoms with van der Waals surface area (Å²) in [6.45, 7) is 2.34. The van der Waals surface area contributed by atoms with E-state index in [1.54, 1.807) is 17.0 Å². The van der Waals surface area contributed by atoms with Crippen molar-refractivity contribution in [2.45, 2.75) is 38.6 Å². The number of aryl methyl sites for hydroxylation is 1. The molecule has 0 aliphatic heterocycles. The van der Waals surface area contributed by atoms with Crippen LogP contribution in [-0.2, 0) is 6.42 Å². The number of nitrogens with zero attached hydrogens (tertiary/aromatic N) is 2. The Morgan fingerprint density at radius 2 is 2.26 bits per heavy atom. The molecule has 0 spiro atoms. The maximum Gasteiger partial charge on any atom is 0.254 e. The Hall–Kier alpha value is -1.13. The van der Waals surface area contributed by atoms with Gasteiger partial charge in [-0.3, -0.25) is 4.79 Å². The lowest BCUT2D eigenvalue weighted by molar-refractivity contribution is 0.0525. The van der Waals surface area contributed by atoms with Crippen LogP contribution < -0.4 is 0 Å². The fraction of sp³-hybridized carbons (Fsp3) is 0.571. The lowest BCUT2D eigenvalue weighted by atomic mass is 9.91. The summed E-state index contributed by atoms with van der Waals surface area (Å²) in [6.07, 6.45) is 3.93. The molecule has 5 heteroatoms. The van der Waals surface area contributed by atoms with Gasteiger partial charge >= 0.3 is 0 Å². The molecule has 1 N–H and O–H groups in total.